The lowest BCUT2D eigenvalue weighted by atomic mass is 10.1. The highest BCUT2D eigenvalue weighted by atomic mass is 16.1. The molecule has 0 spiro atoms. The van der Waals surface area contributed by atoms with E-state index in [0.717, 1.165) is 33.2 Å². The van der Waals surface area contributed by atoms with Crippen LogP contribution in [-0.4, -0.2) is 25.5 Å². The average Bonchev–Trinajstić information content (AvgIpc) is 3.36. The lowest BCUT2D eigenvalue weighted by Gasteiger charge is -2.01. The summed E-state index contributed by atoms with van der Waals surface area (Å²) in [5.41, 5.74) is 5.16. The van der Waals surface area contributed by atoms with E-state index in [2.05, 4.69) is 27.2 Å². The molecular weight excluding hydrogens is 324 g/mol. The molecule has 3 aromatic heterocycles. The van der Waals surface area contributed by atoms with Crippen LogP contribution in [0.25, 0.3) is 27.5 Å². The lowest BCUT2D eigenvalue weighted by Crippen LogP contribution is -2.00. The molecule has 3 heterocycles. The third-order valence-corrected chi connectivity index (χ3v) is 4.62. The molecule has 126 valence electrons. The Labute approximate surface area is 149 Å². The molecular formula is C21H16N4O. The van der Waals surface area contributed by atoms with E-state index in [1.807, 2.05) is 49.4 Å². The van der Waals surface area contributed by atoms with Gasteiger partial charge in [0, 0.05) is 28.3 Å². The van der Waals surface area contributed by atoms with Gasteiger partial charge in [0.05, 0.1) is 23.1 Å². The number of hydrogen-bond acceptors (Lipinski definition) is 2. The number of ketones is 1. The van der Waals surface area contributed by atoms with E-state index < -0.39 is 0 Å². The molecule has 0 aliphatic carbocycles. The van der Waals surface area contributed by atoms with Crippen LogP contribution in [0.5, 0.6) is 0 Å². The van der Waals surface area contributed by atoms with Gasteiger partial charge in [0.15, 0.2) is 0 Å². The molecule has 5 aromatic rings. The highest BCUT2D eigenvalue weighted by Gasteiger charge is 2.14. The fraction of sp³-hybridized carbons (Fsp3) is 0.0476. The van der Waals surface area contributed by atoms with Crippen LogP contribution in [0, 0.1) is 6.92 Å². The number of para-hydroxylation sites is 1. The monoisotopic (exact) mass is 340 g/mol. The second-order valence-electron chi connectivity index (χ2n) is 6.50. The number of fused-ring (bicyclic) bond motifs is 2. The topological polar surface area (TPSA) is 66.5 Å². The number of benzene rings is 2. The number of nitrogens with zero attached hydrogens (tertiary/aromatic N) is 2. The molecule has 0 unspecified atom stereocenters. The Morgan fingerprint density at radius 2 is 1.81 bits per heavy atom. The van der Waals surface area contributed by atoms with Crippen molar-refractivity contribution in [1.29, 1.82) is 0 Å². The van der Waals surface area contributed by atoms with Gasteiger partial charge in [-0.1, -0.05) is 24.3 Å². The zero-order valence-electron chi connectivity index (χ0n) is 14.2. The van der Waals surface area contributed by atoms with Gasteiger partial charge in [-0.15, -0.1) is 0 Å². The molecule has 0 atom stereocenters. The zero-order valence-corrected chi connectivity index (χ0v) is 14.2. The third kappa shape index (κ3) is 2.33. The van der Waals surface area contributed by atoms with Crippen LogP contribution in [0.2, 0.25) is 0 Å². The van der Waals surface area contributed by atoms with Crippen molar-refractivity contribution in [3.05, 3.63) is 83.9 Å². The Bertz CT molecular complexity index is 1240. The number of aryl methyl sites for hydroxylation is 1. The first-order valence-electron chi connectivity index (χ1n) is 8.44. The summed E-state index contributed by atoms with van der Waals surface area (Å²) in [4.78, 5) is 19.3. The SMILES string of the molecule is Cc1cc2ccc(-n3cc(C(=O)c4cc5ccccc5[nH]4)cn3)cc2[nH]1. The highest BCUT2D eigenvalue weighted by Crippen LogP contribution is 2.21. The summed E-state index contributed by atoms with van der Waals surface area (Å²) in [6.07, 6.45) is 3.38. The van der Waals surface area contributed by atoms with Gasteiger partial charge in [-0.2, -0.15) is 5.10 Å². The van der Waals surface area contributed by atoms with Crippen molar-refractivity contribution in [2.75, 3.05) is 0 Å². The number of aromatic nitrogens is 4. The van der Waals surface area contributed by atoms with Crippen molar-refractivity contribution in [3.8, 4) is 5.69 Å². The molecule has 26 heavy (non-hydrogen) atoms. The summed E-state index contributed by atoms with van der Waals surface area (Å²) >= 11 is 0. The number of aromatic amines is 2. The number of carbonyl (C=O) groups excluding carboxylic acids is 1. The van der Waals surface area contributed by atoms with Gasteiger partial charge < -0.3 is 9.97 Å². The summed E-state index contributed by atoms with van der Waals surface area (Å²) in [7, 11) is 0. The van der Waals surface area contributed by atoms with Gasteiger partial charge in [-0.3, -0.25) is 4.79 Å². The van der Waals surface area contributed by atoms with Crippen molar-refractivity contribution >= 4 is 27.6 Å². The molecule has 0 saturated heterocycles. The molecule has 0 amide bonds. The van der Waals surface area contributed by atoms with Crippen LogP contribution in [0.3, 0.4) is 0 Å². The van der Waals surface area contributed by atoms with Gasteiger partial charge in [0.2, 0.25) is 5.78 Å². The van der Waals surface area contributed by atoms with Crippen LogP contribution in [0.15, 0.2) is 67.0 Å². The molecule has 0 bridgehead atoms. The second-order valence-corrected chi connectivity index (χ2v) is 6.50. The maximum absolute atomic E-state index is 12.8. The van der Waals surface area contributed by atoms with Crippen molar-refractivity contribution in [1.82, 2.24) is 19.7 Å². The van der Waals surface area contributed by atoms with E-state index >= 15 is 0 Å². The molecule has 0 aliphatic rings. The maximum atomic E-state index is 12.8. The molecule has 5 heteroatoms. The Kier molecular flexibility index (Phi) is 3.09. The van der Waals surface area contributed by atoms with E-state index in [0.29, 0.717) is 11.3 Å². The summed E-state index contributed by atoms with van der Waals surface area (Å²) in [5, 5.41) is 6.55. The largest absolute Gasteiger partial charge is 0.359 e. The number of rotatable bonds is 3. The predicted octanol–water partition coefficient (Wildman–Crippen LogP) is 4.37. The number of hydrogen-bond donors (Lipinski definition) is 2. The normalized spacial score (nSPS) is 11.4. The Balaban J connectivity index is 1.51. The molecule has 5 rings (SSSR count). The average molecular weight is 340 g/mol. The Morgan fingerprint density at radius 1 is 0.962 bits per heavy atom. The van der Waals surface area contributed by atoms with Crippen LogP contribution in [0.1, 0.15) is 21.7 Å². The summed E-state index contributed by atoms with van der Waals surface area (Å²) in [5.74, 6) is -0.0655. The van der Waals surface area contributed by atoms with Crippen LogP contribution in [0.4, 0.5) is 0 Å². The fourth-order valence-corrected chi connectivity index (χ4v) is 3.34. The van der Waals surface area contributed by atoms with E-state index in [9.17, 15) is 4.79 Å². The van der Waals surface area contributed by atoms with Gasteiger partial charge >= 0.3 is 0 Å². The first-order chi connectivity index (χ1) is 12.7. The van der Waals surface area contributed by atoms with E-state index in [4.69, 9.17) is 0 Å². The van der Waals surface area contributed by atoms with Crippen molar-refractivity contribution in [2.24, 2.45) is 0 Å². The smallest absolute Gasteiger partial charge is 0.212 e. The number of H-pyrrole nitrogens is 2. The molecule has 2 N–H and O–H groups in total. The van der Waals surface area contributed by atoms with E-state index in [-0.39, 0.29) is 5.78 Å². The molecule has 5 nitrogen and oxygen atoms in total. The van der Waals surface area contributed by atoms with Crippen molar-refractivity contribution in [2.45, 2.75) is 6.92 Å². The minimum atomic E-state index is -0.0655. The molecule has 2 aromatic carbocycles. The predicted molar refractivity (Wildman–Crippen MR) is 102 cm³/mol. The van der Waals surface area contributed by atoms with Crippen LogP contribution < -0.4 is 0 Å². The number of nitrogens with one attached hydrogen (secondary N) is 2. The molecule has 0 aliphatic heterocycles. The summed E-state index contributed by atoms with van der Waals surface area (Å²) < 4.78 is 1.73. The second kappa shape index (κ2) is 5.46. The van der Waals surface area contributed by atoms with Gasteiger partial charge in [-0.05, 0) is 42.6 Å². The van der Waals surface area contributed by atoms with Gasteiger partial charge in [0.25, 0.3) is 0 Å². The molecule has 0 saturated carbocycles. The minimum Gasteiger partial charge on any atom is -0.359 e. The van der Waals surface area contributed by atoms with Crippen LogP contribution in [-0.2, 0) is 0 Å². The zero-order chi connectivity index (χ0) is 17.7. The number of carbonyl (C=O) groups is 1. The fourth-order valence-electron chi connectivity index (χ4n) is 3.34. The molecule has 0 radical (unpaired) electrons. The minimum absolute atomic E-state index is 0.0655. The molecule has 0 fully saturated rings. The first-order valence-corrected chi connectivity index (χ1v) is 8.44. The quantitative estimate of drug-likeness (QED) is 0.479. The van der Waals surface area contributed by atoms with E-state index in [1.54, 1.807) is 17.1 Å². The maximum Gasteiger partial charge on any atom is 0.212 e. The third-order valence-electron chi connectivity index (χ3n) is 4.62. The van der Waals surface area contributed by atoms with Crippen molar-refractivity contribution in [3.63, 3.8) is 0 Å². The van der Waals surface area contributed by atoms with E-state index in [1.165, 1.54) is 0 Å². The first kappa shape index (κ1) is 14.7. The van der Waals surface area contributed by atoms with Gasteiger partial charge in [-0.25, -0.2) is 4.68 Å². The standard InChI is InChI=1S/C21H16N4O/c1-13-8-15-6-7-17(10-19(15)23-13)25-12-16(11-22-25)21(26)20-9-14-4-2-3-5-18(14)24-20/h2-12,23-24H,1H3. The highest BCUT2D eigenvalue weighted by molar-refractivity contribution is 6.09. The summed E-state index contributed by atoms with van der Waals surface area (Å²) in [6, 6.07) is 17.9. The van der Waals surface area contributed by atoms with Crippen molar-refractivity contribution < 1.29 is 4.79 Å². The Hall–Kier alpha value is -3.60. The lowest BCUT2D eigenvalue weighted by molar-refractivity contribution is 0.103. The Morgan fingerprint density at radius 3 is 2.69 bits per heavy atom. The van der Waals surface area contributed by atoms with Crippen LogP contribution >= 0.6 is 0 Å². The summed E-state index contributed by atoms with van der Waals surface area (Å²) in [6.45, 7) is 2.03. The van der Waals surface area contributed by atoms with Gasteiger partial charge in [0.1, 0.15) is 0 Å².